The van der Waals surface area contributed by atoms with Gasteiger partial charge in [0.15, 0.2) is 0 Å². The minimum Gasteiger partial charge on any atom is -0.288 e. The Bertz CT molecular complexity index is 400. The Labute approximate surface area is 94.2 Å². The average molecular weight is 215 g/mol. The molecule has 0 saturated carbocycles. The molecule has 0 radical (unpaired) electrons. The third-order valence-corrected chi connectivity index (χ3v) is 2.38. The topological polar surface area (TPSA) is 44.7 Å². The Morgan fingerprint density at radius 2 is 2.06 bits per heavy atom. The van der Waals surface area contributed by atoms with Gasteiger partial charge in [0.1, 0.15) is 6.17 Å². The van der Waals surface area contributed by atoms with Crippen LogP contribution in [-0.2, 0) is 6.54 Å². The smallest absolute Gasteiger partial charge is 0.124 e. The molecule has 0 bridgehead atoms. The second-order valence-corrected chi connectivity index (χ2v) is 3.50. The van der Waals surface area contributed by atoms with Crippen LogP contribution in [0.2, 0.25) is 0 Å². The molecule has 4 nitrogen and oxygen atoms in total. The highest BCUT2D eigenvalue weighted by Gasteiger charge is 2.13. The van der Waals surface area contributed by atoms with Crippen molar-refractivity contribution in [3.63, 3.8) is 0 Å². The van der Waals surface area contributed by atoms with Gasteiger partial charge < -0.3 is 0 Å². The Balaban J connectivity index is 1.93. The van der Waals surface area contributed by atoms with Gasteiger partial charge in [-0.25, -0.2) is 5.01 Å². The summed E-state index contributed by atoms with van der Waals surface area (Å²) in [6.07, 6.45) is 7.05. The quantitative estimate of drug-likeness (QED) is 0.783. The number of nitrogens with zero attached hydrogens (tertiary/aromatic N) is 2. The summed E-state index contributed by atoms with van der Waals surface area (Å²) in [5.74, 6) is 0. The second-order valence-electron chi connectivity index (χ2n) is 3.50. The van der Waals surface area contributed by atoms with E-state index in [4.69, 9.17) is 0 Å². The summed E-state index contributed by atoms with van der Waals surface area (Å²) >= 11 is 0. The van der Waals surface area contributed by atoms with Crippen molar-refractivity contribution in [2.45, 2.75) is 12.7 Å². The molecule has 1 aliphatic rings. The standard InChI is InChI=1S/C12H13N3O/c16-14-15-9-5-4-8-12(15)13-10-11-6-2-1-3-7-11/h1-9,12-13H,10H2. The monoisotopic (exact) mass is 215 g/mol. The number of allylic oxidation sites excluding steroid dienone is 2. The van der Waals surface area contributed by atoms with Crippen LogP contribution in [0.4, 0.5) is 0 Å². The van der Waals surface area contributed by atoms with Crippen molar-refractivity contribution in [3.05, 3.63) is 65.2 Å². The molecule has 1 aliphatic heterocycles. The maximum Gasteiger partial charge on any atom is 0.124 e. The van der Waals surface area contributed by atoms with Crippen molar-refractivity contribution in [2.75, 3.05) is 0 Å². The van der Waals surface area contributed by atoms with E-state index in [2.05, 4.69) is 10.6 Å². The fraction of sp³-hybridized carbons (Fsp3) is 0.167. The molecule has 1 N–H and O–H groups in total. The van der Waals surface area contributed by atoms with Gasteiger partial charge in [0.2, 0.25) is 0 Å². The van der Waals surface area contributed by atoms with E-state index >= 15 is 0 Å². The minimum absolute atomic E-state index is 0.164. The molecule has 0 spiro atoms. The number of nitroso groups, excluding NO2 is 1. The van der Waals surface area contributed by atoms with Crippen LogP contribution in [0, 0.1) is 4.91 Å². The summed E-state index contributed by atoms with van der Waals surface area (Å²) in [7, 11) is 0. The van der Waals surface area contributed by atoms with Gasteiger partial charge in [-0.15, -0.1) is 4.91 Å². The second kappa shape index (κ2) is 5.23. The minimum atomic E-state index is -0.164. The number of hydrogen-bond acceptors (Lipinski definition) is 3. The zero-order valence-electron chi connectivity index (χ0n) is 8.78. The van der Waals surface area contributed by atoms with Crippen molar-refractivity contribution in [1.29, 1.82) is 0 Å². The maximum atomic E-state index is 10.5. The van der Waals surface area contributed by atoms with Crippen LogP contribution in [0.25, 0.3) is 0 Å². The highest BCUT2D eigenvalue weighted by Crippen LogP contribution is 2.07. The first-order chi connectivity index (χ1) is 7.90. The van der Waals surface area contributed by atoms with Gasteiger partial charge in [-0.3, -0.25) is 5.32 Å². The van der Waals surface area contributed by atoms with Gasteiger partial charge in [0, 0.05) is 12.7 Å². The summed E-state index contributed by atoms with van der Waals surface area (Å²) in [6, 6.07) is 10.0. The number of hydrogen-bond donors (Lipinski definition) is 1. The third kappa shape index (κ3) is 2.55. The van der Waals surface area contributed by atoms with E-state index in [1.807, 2.05) is 42.5 Å². The van der Waals surface area contributed by atoms with E-state index < -0.39 is 0 Å². The maximum absolute atomic E-state index is 10.5. The normalized spacial score (nSPS) is 18.8. The van der Waals surface area contributed by atoms with Crippen molar-refractivity contribution >= 4 is 0 Å². The van der Waals surface area contributed by atoms with Crippen LogP contribution in [0.1, 0.15) is 5.56 Å². The molecule has 0 aliphatic carbocycles. The number of benzene rings is 1. The lowest BCUT2D eigenvalue weighted by molar-refractivity contribution is 0.280. The van der Waals surface area contributed by atoms with Crippen LogP contribution in [-0.4, -0.2) is 11.2 Å². The summed E-state index contributed by atoms with van der Waals surface area (Å²) in [5.41, 5.74) is 1.18. The van der Waals surface area contributed by atoms with Crippen molar-refractivity contribution in [3.8, 4) is 0 Å². The molecule has 2 rings (SSSR count). The van der Waals surface area contributed by atoms with E-state index in [1.165, 1.54) is 10.6 Å². The summed E-state index contributed by atoms with van der Waals surface area (Å²) < 4.78 is 0. The Kier molecular flexibility index (Phi) is 3.46. The summed E-state index contributed by atoms with van der Waals surface area (Å²) in [6.45, 7) is 0.704. The van der Waals surface area contributed by atoms with Gasteiger partial charge in [0.05, 0.1) is 5.29 Å². The molecule has 1 heterocycles. The van der Waals surface area contributed by atoms with Crippen LogP contribution < -0.4 is 5.32 Å². The first kappa shape index (κ1) is 10.6. The van der Waals surface area contributed by atoms with E-state index in [-0.39, 0.29) is 6.17 Å². The van der Waals surface area contributed by atoms with Crippen LogP contribution in [0.5, 0.6) is 0 Å². The number of nitrogens with one attached hydrogen (secondary N) is 1. The Morgan fingerprint density at radius 1 is 1.25 bits per heavy atom. The lowest BCUT2D eigenvalue weighted by atomic mass is 10.2. The zero-order chi connectivity index (χ0) is 11.2. The van der Waals surface area contributed by atoms with E-state index in [0.717, 1.165) is 0 Å². The fourth-order valence-corrected chi connectivity index (χ4v) is 1.55. The molecule has 1 atom stereocenters. The predicted octanol–water partition coefficient (Wildman–Crippen LogP) is 2.17. The summed E-state index contributed by atoms with van der Waals surface area (Å²) in [5, 5.41) is 7.51. The predicted molar refractivity (Wildman–Crippen MR) is 63.0 cm³/mol. The lowest BCUT2D eigenvalue weighted by Crippen LogP contribution is -2.38. The first-order valence-corrected chi connectivity index (χ1v) is 5.14. The lowest BCUT2D eigenvalue weighted by Gasteiger charge is -2.23. The molecule has 4 heteroatoms. The van der Waals surface area contributed by atoms with E-state index in [9.17, 15) is 4.91 Å². The first-order valence-electron chi connectivity index (χ1n) is 5.14. The van der Waals surface area contributed by atoms with Gasteiger partial charge >= 0.3 is 0 Å². The molecule has 16 heavy (non-hydrogen) atoms. The van der Waals surface area contributed by atoms with Gasteiger partial charge in [-0.2, -0.15) is 0 Å². The average Bonchev–Trinajstić information content (AvgIpc) is 2.38. The Hall–Kier alpha value is -1.94. The molecule has 1 unspecified atom stereocenters. The number of rotatable bonds is 4. The largest absolute Gasteiger partial charge is 0.288 e. The van der Waals surface area contributed by atoms with E-state index in [0.29, 0.717) is 6.54 Å². The summed E-state index contributed by atoms with van der Waals surface area (Å²) in [4.78, 5) is 10.5. The van der Waals surface area contributed by atoms with Crippen LogP contribution in [0.3, 0.4) is 0 Å². The molecular formula is C12H13N3O. The van der Waals surface area contributed by atoms with Gasteiger partial charge in [0.25, 0.3) is 0 Å². The SMILES string of the molecule is O=NN1C=CC=CC1NCc1ccccc1. The molecule has 0 fully saturated rings. The van der Waals surface area contributed by atoms with Crippen molar-refractivity contribution in [1.82, 2.24) is 10.3 Å². The Morgan fingerprint density at radius 3 is 2.81 bits per heavy atom. The van der Waals surface area contributed by atoms with Crippen molar-refractivity contribution in [2.24, 2.45) is 5.29 Å². The van der Waals surface area contributed by atoms with Gasteiger partial charge in [-0.05, 0) is 17.7 Å². The third-order valence-electron chi connectivity index (χ3n) is 2.38. The highest BCUT2D eigenvalue weighted by atomic mass is 16.3. The molecule has 0 saturated heterocycles. The van der Waals surface area contributed by atoms with Crippen LogP contribution in [0.15, 0.2) is 60.0 Å². The van der Waals surface area contributed by atoms with Crippen LogP contribution >= 0.6 is 0 Å². The molecule has 1 aromatic carbocycles. The van der Waals surface area contributed by atoms with Gasteiger partial charge in [-0.1, -0.05) is 36.4 Å². The molecule has 82 valence electrons. The molecular weight excluding hydrogens is 202 g/mol. The highest BCUT2D eigenvalue weighted by molar-refractivity contribution is 5.16. The molecule has 0 aromatic heterocycles. The fourth-order valence-electron chi connectivity index (χ4n) is 1.55. The van der Waals surface area contributed by atoms with Crippen molar-refractivity contribution < 1.29 is 0 Å². The molecule has 0 amide bonds. The zero-order valence-corrected chi connectivity index (χ0v) is 8.78. The molecule has 1 aromatic rings. The van der Waals surface area contributed by atoms with E-state index in [1.54, 1.807) is 12.3 Å².